The molecule has 4 aromatic rings. The molecular formula is C25H22ClN5O. The molecule has 0 aliphatic heterocycles. The van der Waals surface area contributed by atoms with E-state index in [1.165, 1.54) is 6.33 Å². The van der Waals surface area contributed by atoms with Crippen LogP contribution in [0.15, 0.2) is 79.4 Å². The molecule has 0 spiro atoms. The maximum absolute atomic E-state index is 12.9. The summed E-state index contributed by atoms with van der Waals surface area (Å²) in [5.74, 6) is 0.735. The van der Waals surface area contributed by atoms with Crippen LogP contribution in [0.3, 0.4) is 0 Å². The highest BCUT2D eigenvalue weighted by atomic mass is 35.5. The molecule has 6 nitrogen and oxygen atoms in total. The van der Waals surface area contributed by atoms with Gasteiger partial charge in [-0.3, -0.25) is 4.79 Å². The van der Waals surface area contributed by atoms with Gasteiger partial charge in [0.25, 0.3) is 5.91 Å². The lowest BCUT2D eigenvalue weighted by Crippen LogP contribution is -2.12. The van der Waals surface area contributed by atoms with Gasteiger partial charge in [-0.05, 0) is 60.0 Å². The van der Waals surface area contributed by atoms with Crippen molar-refractivity contribution in [3.05, 3.63) is 95.5 Å². The predicted octanol–water partition coefficient (Wildman–Crippen LogP) is 6.31. The summed E-state index contributed by atoms with van der Waals surface area (Å²) in [5.41, 5.74) is 4.49. The summed E-state index contributed by atoms with van der Waals surface area (Å²) in [6.07, 6.45) is 4.84. The first-order valence-electron chi connectivity index (χ1n) is 10.2. The third kappa shape index (κ3) is 4.92. The standard InChI is InChI=1S/C25H22ClN5O/c1-16(2)17-5-3-6-19(13-17)30-25(32)18-8-9-21(26)23(14-18)31-24-20(7-4-11-28-24)22-10-12-27-15-29-22/h3-16H,1-2H3,(H,28,31)(H,30,32). The number of halogens is 1. The van der Waals surface area contributed by atoms with Gasteiger partial charge < -0.3 is 10.6 Å². The molecular weight excluding hydrogens is 422 g/mol. The number of pyridine rings is 1. The summed E-state index contributed by atoms with van der Waals surface area (Å²) in [7, 11) is 0. The van der Waals surface area contributed by atoms with Gasteiger partial charge in [0.2, 0.25) is 0 Å². The van der Waals surface area contributed by atoms with Gasteiger partial charge in [-0.15, -0.1) is 0 Å². The van der Waals surface area contributed by atoms with Gasteiger partial charge in [-0.1, -0.05) is 37.6 Å². The minimum atomic E-state index is -0.220. The molecule has 2 aromatic heterocycles. The number of carbonyl (C=O) groups excluding carboxylic acids is 1. The van der Waals surface area contributed by atoms with Crippen LogP contribution in [0.4, 0.5) is 17.2 Å². The van der Waals surface area contributed by atoms with E-state index in [4.69, 9.17) is 11.6 Å². The Morgan fingerprint density at radius 3 is 2.62 bits per heavy atom. The zero-order valence-corrected chi connectivity index (χ0v) is 18.5. The second-order valence-electron chi connectivity index (χ2n) is 7.55. The number of anilines is 3. The number of carbonyl (C=O) groups is 1. The first-order valence-corrected chi connectivity index (χ1v) is 10.6. The second kappa shape index (κ2) is 9.58. The quantitative estimate of drug-likeness (QED) is 0.365. The number of rotatable bonds is 6. The zero-order chi connectivity index (χ0) is 22.5. The lowest BCUT2D eigenvalue weighted by molar-refractivity contribution is 0.102. The first kappa shape index (κ1) is 21.5. The monoisotopic (exact) mass is 443 g/mol. The van der Waals surface area contributed by atoms with Gasteiger partial charge >= 0.3 is 0 Å². The molecule has 4 rings (SSSR count). The van der Waals surface area contributed by atoms with Crippen LogP contribution in [0.5, 0.6) is 0 Å². The maximum Gasteiger partial charge on any atom is 0.255 e. The first-order chi connectivity index (χ1) is 15.5. The van der Waals surface area contributed by atoms with Crippen LogP contribution in [-0.2, 0) is 0 Å². The summed E-state index contributed by atoms with van der Waals surface area (Å²) in [5, 5.41) is 6.67. The fourth-order valence-electron chi connectivity index (χ4n) is 3.23. The number of aromatic nitrogens is 3. The van der Waals surface area contributed by atoms with Gasteiger partial charge in [0.15, 0.2) is 0 Å². The normalized spacial score (nSPS) is 10.8. The highest BCUT2D eigenvalue weighted by molar-refractivity contribution is 6.33. The average molecular weight is 444 g/mol. The van der Waals surface area contributed by atoms with Crippen LogP contribution in [0.1, 0.15) is 35.7 Å². The molecule has 0 aliphatic rings. The molecule has 0 radical (unpaired) electrons. The lowest BCUT2D eigenvalue weighted by Gasteiger charge is -2.13. The molecule has 0 saturated carbocycles. The van der Waals surface area contributed by atoms with E-state index in [-0.39, 0.29) is 5.91 Å². The number of hydrogen-bond acceptors (Lipinski definition) is 5. The van der Waals surface area contributed by atoms with Crippen molar-refractivity contribution in [2.24, 2.45) is 0 Å². The minimum Gasteiger partial charge on any atom is -0.338 e. The summed E-state index contributed by atoms with van der Waals surface area (Å²) in [6.45, 7) is 4.23. The molecule has 7 heteroatoms. The van der Waals surface area contributed by atoms with E-state index in [9.17, 15) is 4.79 Å². The molecule has 2 heterocycles. The molecule has 0 bridgehead atoms. The Bertz CT molecular complexity index is 1240. The molecule has 0 saturated heterocycles. The van der Waals surface area contributed by atoms with E-state index < -0.39 is 0 Å². The van der Waals surface area contributed by atoms with Crippen molar-refractivity contribution >= 4 is 34.7 Å². The SMILES string of the molecule is CC(C)c1cccc(NC(=O)c2ccc(Cl)c(Nc3ncccc3-c3ccncn3)c2)c1. The molecule has 2 aromatic carbocycles. The number of hydrogen-bond donors (Lipinski definition) is 2. The Morgan fingerprint density at radius 2 is 1.84 bits per heavy atom. The minimum absolute atomic E-state index is 0.220. The Labute approximate surface area is 191 Å². The van der Waals surface area contributed by atoms with Gasteiger partial charge in [-0.2, -0.15) is 0 Å². The average Bonchev–Trinajstić information content (AvgIpc) is 2.81. The van der Waals surface area contributed by atoms with Crippen molar-refractivity contribution in [1.82, 2.24) is 15.0 Å². The molecule has 160 valence electrons. The van der Waals surface area contributed by atoms with Crippen LogP contribution in [0, 0.1) is 0 Å². The van der Waals surface area contributed by atoms with Crippen molar-refractivity contribution in [2.75, 3.05) is 10.6 Å². The van der Waals surface area contributed by atoms with E-state index in [0.717, 1.165) is 22.5 Å². The Balaban J connectivity index is 1.59. The number of amides is 1. The van der Waals surface area contributed by atoms with Gasteiger partial charge in [0.1, 0.15) is 12.1 Å². The van der Waals surface area contributed by atoms with Crippen LogP contribution < -0.4 is 10.6 Å². The highest BCUT2D eigenvalue weighted by Crippen LogP contribution is 2.31. The van der Waals surface area contributed by atoms with Crippen molar-refractivity contribution in [3.63, 3.8) is 0 Å². The summed E-state index contributed by atoms with van der Waals surface area (Å²) in [4.78, 5) is 25.6. The van der Waals surface area contributed by atoms with Crippen molar-refractivity contribution in [1.29, 1.82) is 0 Å². The molecule has 2 N–H and O–H groups in total. The molecule has 0 fully saturated rings. The fraction of sp³-hybridized carbons (Fsp3) is 0.120. The fourth-order valence-corrected chi connectivity index (χ4v) is 3.40. The number of nitrogens with zero attached hydrogens (tertiary/aromatic N) is 3. The van der Waals surface area contributed by atoms with Crippen molar-refractivity contribution in [3.8, 4) is 11.3 Å². The van der Waals surface area contributed by atoms with E-state index in [1.54, 1.807) is 36.7 Å². The predicted molar refractivity (Wildman–Crippen MR) is 128 cm³/mol. The van der Waals surface area contributed by atoms with Gasteiger partial charge in [0.05, 0.1) is 16.4 Å². The molecule has 0 aliphatic carbocycles. The van der Waals surface area contributed by atoms with E-state index in [2.05, 4.69) is 39.4 Å². The molecule has 32 heavy (non-hydrogen) atoms. The number of benzene rings is 2. The summed E-state index contributed by atoms with van der Waals surface area (Å²) in [6, 6.07) is 18.5. The summed E-state index contributed by atoms with van der Waals surface area (Å²) < 4.78 is 0. The van der Waals surface area contributed by atoms with Crippen LogP contribution in [0.25, 0.3) is 11.3 Å². The van der Waals surface area contributed by atoms with E-state index in [0.29, 0.717) is 28.0 Å². The maximum atomic E-state index is 12.9. The van der Waals surface area contributed by atoms with Crippen molar-refractivity contribution in [2.45, 2.75) is 19.8 Å². The highest BCUT2D eigenvalue weighted by Gasteiger charge is 2.13. The van der Waals surface area contributed by atoms with Crippen LogP contribution in [-0.4, -0.2) is 20.9 Å². The third-order valence-corrected chi connectivity index (χ3v) is 5.29. The third-order valence-electron chi connectivity index (χ3n) is 4.96. The zero-order valence-electron chi connectivity index (χ0n) is 17.7. The molecule has 0 unspecified atom stereocenters. The Hall–Kier alpha value is -3.77. The van der Waals surface area contributed by atoms with Gasteiger partial charge in [-0.25, -0.2) is 15.0 Å². The van der Waals surface area contributed by atoms with E-state index in [1.807, 2.05) is 36.4 Å². The topological polar surface area (TPSA) is 79.8 Å². The Morgan fingerprint density at radius 1 is 0.969 bits per heavy atom. The van der Waals surface area contributed by atoms with Gasteiger partial charge in [0, 0.05) is 29.2 Å². The largest absolute Gasteiger partial charge is 0.338 e. The number of nitrogens with one attached hydrogen (secondary N) is 2. The van der Waals surface area contributed by atoms with Crippen LogP contribution in [0.2, 0.25) is 5.02 Å². The Kier molecular flexibility index (Phi) is 6.42. The van der Waals surface area contributed by atoms with Crippen LogP contribution >= 0.6 is 11.6 Å². The second-order valence-corrected chi connectivity index (χ2v) is 7.96. The smallest absolute Gasteiger partial charge is 0.255 e. The van der Waals surface area contributed by atoms with E-state index >= 15 is 0 Å². The molecule has 0 atom stereocenters. The lowest BCUT2D eigenvalue weighted by atomic mass is 10.0. The molecule has 1 amide bonds. The summed E-state index contributed by atoms with van der Waals surface area (Å²) >= 11 is 6.42. The van der Waals surface area contributed by atoms with Crippen molar-refractivity contribution < 1.29 is 4.79 Å².